The molecule has 0 bridgehead atoms. The SMILES string of the molecule is CN(CC1CCNCC1)c1nccn(C)c1=O. The maximum Gasteiger partial charge on any atom is 0.293 e. The average molecular weight is 236 g/mol. The van der Waals surface area contributed by atoms with Gasteiger partial charge in [0, 0.05) is 33.0 Å². The molecule has 0 radical (unpaired) electrons. The summed E-state index contributed by atoms with van der Waals surface area (Å²) in [5.74, 6) is 1.21. The quantitative estimate of drug-likeness (QED) is 0.815. The van der Waals surface area contributed by atoms with Crippen LogP contribution in [-0.2, 0) is 7.05 Å². The number of hydrogen-bond acceptors (Lipinski definition) is 4. The molecule has 94 valence electrons. The first kappa shape index (κ1) is 12.1. The van der Waals surface area contributed by atoms with E-state index in [1.165, 1.54) is 12.8 Å². The predicted molar refractivity (Wildman–Crippen MR) is 68.3 cm³/mol. The Bertz CT molecular complexity index is 423. The minimum absolute atomic E-state index is 0.0241. The molecule has 17 heavy (non-hydrogen) atoms. The number of anilines is 1. The first-order valence-electron chi connectivity index (χ1n) is 6.12. The number of aryl methyl sites for hydroxylation is 1. The number of rotatable bonds is 3. The molecule has 1 aliphatic heterocycles. The van der Waals surface area contributed by atoms with Crippen molar-refractivity contribution < 1.29 is 0 Å². The number of nitrogens with one attached hydrogen (secondary N) is 1. The molecule has 5 nitrogen and oxygen atoms in total. The molecule has 0 amide bonds. The summed E-state index contributed by atoms with van der Waals surface area (Å²) in [7, 11) is 3.71. The minimum Gasteiger partial charge on any atom is -0.355 e. The molecule has 1 aromatic heterocycles. The molecule has 1 saturated heterocycles. The van der Waals surface area contributed by atoms with Gasteiger partial charge in [-0.05, 0) is 31.8 Å². The van der Waals surface area contributed by atoms with Crippen LogP contribution in [0, 0.1) is 5.92 Å². The predicted octanol–water partition coefficient (Wildman–Crippen LogP) is 0.216. The maximum absolute atomic E-state index is 11.9. The molecule has 0 aromatic carbocycles. The van der Waals surface area contributed by atoms with E-state index >= 15 is 0 Å². The number of piperidine rings is 1. The number of nitrogens with zero attached hydrogens (tertiary/aromatic N) is 3. The lowest BCUT2D eigenvalue weighted by Gasteiger charge is -2.27. The van der Waals surface area contributed by atoms with E-state index in [1.807, 2.05) is 11.9 Å². The van der Waals surface area contributed by atoms with Gasteiger partial charge in [-0.2, -0.15) is 0 Å². The van der Waals surface area contributed by atoms with Crippen LogP contribution in [0.1, 0.15) is 12.8 Å². The lowest BCUT2D eigenvalue weighted by molar-refractivity contribution is 0.377. The Labute approximate surface area is 101 Å². The van der Waals surface area contributed by atoms with Crippen molar-refractivity contribution in [3.05, 3.63) is 22.7 Å². The van der Waals surface area contributed by atoms with Gasteiger partial charge in [0.2, 0.25) is 0 Å². The number of hydrogen-bond donors (Lipinski definition) is 1. The summed E-state index contributed by atoms with van der Waals surface area (Å²) in [5, 5.41) is 3.35. The van der Waals surface area contributed by atoms with E-state index in [0.717, 1.165) is 19.6 Å². The number of aromatic nitrogens is 2. The van der Waals surface area contributed by atoms with Crippen molar-refractivity contribution in [2.75, 3.05) is 31.6 Å². The highest BCUT2D eigenvalue weighted by atomic mass is 16.1. The second-order valence-electron chi connectivity index (χ2n) is 4.74. The van der Waals surface area contributed by atoms with E-state index in [0.29, 0.717) is 11.7 Å². The zero-order valence-electron chi connectivity index (χ0n) is 10.5. The van der Waals surface area contributed by atoms with Gasteiger partial charge < -0.3 is 14.8 Å². The topological polar surface area (TPSA) is 50.2 Å². The summed E-state index contributed by atoms with van der Waals surface area (Å²) in [5.41, 5.74) is -0.0241. The molecule has 1 fully saturated rings. The van der Waals surface area contributed by atoms with Crippen molar-refractivity contribution in [2.24, 2.45) is 13.0 Å². The Hall–Kier alpha value is -1.36. The van der Waals surface area contributed by atoms with Crippen molar-refractivity contribution in [3.63, 3.8) is 0 Å². The first-order chi connectivity index (χ1) is 8.18. The van der Waals surface area contributed by atoms with E-state index in [-0.39, 0.29) is 5.56 Å². The van der Waals surface area contributed by atoms with Crippen LogP contribution in [0.3, 0.4) is 0 Å². The van der Waals surface area contributed by atoms with Crippen molar-refractivity contribution >= 4 is 5.82 Å². The van der Waals surface area contributed by atoms with E-state index in [1.54, 1.807) is 24.0 Å². The highest BCUT2D eigenvalue weighted by Gasteiger charge is 2.17. The minimum atomic E-state index is -0.0241. The molecular formula is C12H20N4O. The van der Waals surface area contributed by atoms with Gasteiger partial charge in [-0.3, -0.25) is 4.79 Å². The van der Waals surface area contributed by atoms with Gasteiger partial charge in [0.05, 0.1) is 0 Å². The second-order valence-corrected chi connectivity index (χ2v) is 4.74. The van der Waals surface area contributed by atoms with Gasteiger partial charge in [0.25, 0.3) is 5.56 Å². The molecule has 2 rings (SSSR count). The van der Waals surface area contributed by atoms with Gasteiger partial charge >= 0.3 is 0 Å². The molecule has 0 atom stereocenters. The Morgan fingerprint density at radius 2 is 2.24 bits per heavy atom. The van der Waals surface area contributed by atoms with Crippen molar-refractivity contribution in [1.29, 1.82) is 0 Å². The summed E-state index contributed by atoms with van der Waals surface area (Å²) < 4.78 is 1.57. The van der Waals surface area contributed by atoms with Crippen LogP contribution in [0.5, 0.6) is 0 Å². The Morgan fingerprint density at radius 1 is 1.53 bits per heavy atom. The van der Waals surface area contributed by atoms with Crippen LogP contribution in [0.4, 0.5) is 5.82 Å². The fraction of sp³-hybridized carbons (Fsp3) is 0.667. The van der Waals surface area contributed by atoms with Crippen LogP contribution in [0.2, 0.25) is 0 Å². The molecule has 5 heteroatoms. The molecule has 1 aromatic rings. The largest absolute Gasteiger partial charge is 0.355 e. The van der Waals surface area contributed by atoms with Crippen molar-refractivity contribution in [1.82, 2.24) is 14.9 Å². The Balaban J connectivity index is 2.06. The molecule has 0 spiro atoms. The van der Waals surface area contributed by atoms with Crippen LogP contribution < -0.4 is 15.8 Å². The highest BCUT2D eigenvalue weighted by molar-refractivity contribution is 5.34. The van der Waals surface area contributed by atoms with Crippen LogP contribution in [0.25, 0.3) is 0 Å². The second kappa shape index (κ2) is 5.31. The van der Waals surface area contributed by atoms with E-state index in [9.17, 15) is 4.79 Å². The van der Waals surface area contributed by atoms with Gasteiger partial charge in [0.1, 0.15) is 0 Å². The molecule has 1 N–H and O–H groups in total. The molecule has 0 unspecified atom stereocenters. The van der Waals surface area contributed by atoms with Crippen molar-refractivity contribution in [2.45, 2.75) is 12.8 Å². The van der Waals surface area contributed by atoms with Gasteiger partial charge in [-0.15, -0.1) is 0 Å². The molecule has 1 aliphatic rings. The van der Waals surface area contributed by atoms with Crippen molar-refractivity contribution in [3.8, 4) is 0 Å². The maximum atomic E-state index is 11.9. The van der Waals surface area contributed by atoms with Crippen LogP contribution >= 0.6 is 0 Å². The van der Waals surface area contributed by atoms with E-state index in [4.69, 9.17) is 0 Å². The Morgan fingerprint density at radius 3 is 2.94 bits per heavy atom. The highest BCUT2D eigenvalue weighted by Crippen LogP contribution is 2.14. The first-order valence-corrected chi connectivity index (χ1v) is 6.12. The third-order valence-electron chi connectivity index (χ3n) is 3.35. The summed E-state index contributed by atoms with van der Waals surface area (Å²) in [6.45, 7) is 3.07. The van der Waals surface area contributed by atoms with Gasteiger partial charge in [0.15, 0.2) is 5.82 Å². The summed E-state index contributed by atoms with van der Waals surface area (Å²) >= 11 is 0. The zero-order valence-corrected chi connectivity index (χ0v) is 10.5. The van der Waals surface area contributed by atoms with E-state index in [2.05, 4.69) is 10.3 Å². The smallest absolute Gasteiger partial charge is 0.293 e. The molecule has 0 saturated carbocycles. The third-order valence-corrected chi connectivity index (χ3v) is 3.35. The monoisotopic (exact) mass is 236 g/mol. The van der Waals surface area contributed by atoms with E-state index < -0.39 is 0 Å². The summed E-state index contributed by atoms with van der Waals surface area (Å²) in [6, 6.07) is 0. The summed E-state index contributed by atoms with van der Waals surface area (Å²) in [4.78, 5) is 18.1. The molecule has 0 aliphatic carbocycles. The molecule has 2 heterocycles. The Kier molecular flexibility index (Phi) is 3.78. The van der Waals surface area contributed by atoms with Gasteiger partial charge in [-0.1, -0.05) is 0 Å². The normalized spacial score (nSPS) is 17.1. The van der Waals surface area contributed by atoms with Crippen LogP contribution in [0.15, 0.2) is 17.2 Å². The lowest BCUT2D eigenvalue weighted by Crippen LogP contribution is -2.37. The average Bonchev–Trinajstić information content (AvgIpc) is 2.34. The lowest BCUT2D eigenvalue weighted by atomic mass is 9.98. The standard InChI is InChI=1S/C12H20N4O/c1-15-8-7-14-11(12(15)17)16(2)9-10-3-5-13-6-4-10/h7-8,10,13H,3-6,9H2,1-2H3. The summed E-state index contributed by atoms with van der Waals surface area (Å²) in [6.07, 6.45) is 5.72. The van der Waals surface area contributed by atoms with Crippen LogP contribution in [-0.4, -0.2) is 36.2 Å². The fourth-order valence-corrected chi connectivity index (χ4v) is 2.28. The molecular weight excluding hydrogens is 216 g/mol. The zero-order chi connectivity index (χ0) is 12.3. The van der Waals surface area contributed by atoms with Gasteiger partial charge in [-0.25, -0.2) is 4.98 Å². The fourth-order valence-electron chi connectivity index (χ4n) is 2.28. The third kappa shape index (κ3) is 2.85.